The molecule has 2 heterocycles. The van der Waals surface area contributed by atoms with E-state index in [9.17, 15) is 8.42 Å². The van der Waals surface area contributed by atoms with Crippen LogP contribution in [-0.2, 0) is 26.7 Å². The highest BCUT2D eigenvalue weighted by molar-refractivity contribution is 7.92. The minimum Gasteiger partial charge on any atom is -0.419 e. The first-order valence-electron chi connectivity index (χ1n) is 12.6. The van der Waals surface area contributed by atoms with Gasteiger partial charge < -0.3 is 19.8 Å². The smallest absolute Gasteiger partial charge is 0.249 e. The maximum atomic E-state index is 12.5. The highest BCUT2D eigenvalue weighted by Crippen LogP contribution is 2.41. The van der Waals surface area contributed by atoms with Gasteiger partial charge in [0.1, 0.15) is 5.82 Å². The Morgan fingerprint density at radius 2 is 1.90 bits per heavy atom. The van der Waals surface area contributed by atoms with E-state index < -0.39 is 15.6 Å². The maximum Gasteiger partial charge on any atom is 0.249 e. The Labute approximate surface area is 239 Å². The summed E-state index contributed by atoms with van der Waals surface area (Å²) in [5.41, 5.74) is 6.92. The van der Waals surface area contributed by atoms with Gasteiger partial charge in [-0.2, -0.15) is 0 Å². The number of pyridine rings is 1. The quantitative estimate of drug-likeness (QED) is 0.324. The molecule has 1 aliphatic carbocycles. The fourth-order valence-corrected chi connectivity index (χ4v) is 5.22. The lowest BCUT2D eigenvalue weighted by Crippen LogP contribution is -2.35. The fraction of sp³-hybridized carbons (Fsp3) is 0.500. The van der Waals surface area contributed by atoms with Gasteiger partial charge in [0.2, 0.25) is 21.8 Å². The lowest BCUT2D eigenvalue weighted by molar-refractivity contribution is 0.204. The molecule has 10 nitrogen and oxygen atoms in total. The van der Waals surface area contributed by atoms with Gasteiger partial charge in [-0.25, -0.2) is 13.4 Å². The Bertz CT molecular complexity index is 1410. The van der Waals surface area contributed by atoms with E-state index in [-0.39, 0.29) is 22.6 Å². The molecule has 1 aromatic carbocycles. The number of halogens is 2. The van der Waals surface area contributed by atoms with Gasteiger partial charge in [0.05, 0.1) is 29.0 Å². The molecule has 3 aromatic rings. The van der Waals surface area contributed by atoms with E-state index in [0.29, 0.717) is 47.8 Å². The van der Waals surface area contributed by atoms with Gasteiger partial charge in [-0.3, -0.25) is 4.31 Å². The Balaban J connectivity index is 1.75. The summed E-state index contributed by atoms with van der Waals surface area (Å²) in [6.07, 6.45) is 2.64. The van der Waals surface area contributed by atoms with Crippen LogP contribution in [0.15, 0.2) is 34.7 Å². The zero-order chi connectivity index (χ0) is 28.5. The molecule has 1 saturated carbocycles. The molecule has 2 N–H and O–H groups in total. The van der Waals surface area contributed by atoms with Crippen molar-refractivity contribution in [3.05, 3.63) is 51.8 Å². The van der Waals surface area contributed by atoms with Crippen molar-refractivity contribution >= 4 is 44.9 Å². The van der Waals surface area contributed by atoms with E-state index >= 15 is 0 Å². The zero-order valence-corrected chi connectivity index (χ0v) is 25.0. The van der Waals surface area contributed by atoms with Crippen LogP contribution in [-0.4, -0.2) is 63.7 Å². The van der Waals surface area contributed by atoms with Crippen LogP contribution in [0.3, 0.4) is 0 Å². The van der Waals surface area contributed by atoms with Crippen LogP contribution in [0.4, 0.5) is 11.6 Å². The first-order valence-corrected chi connectivity index (χ1v) is 15.2. The van der Waals surface area contributed by atoms with Crippen LogP contribution in [0.2, 0.25) is 10.0 Å². The molecule has 3 atom stereocenters. The molecule has 212 valence electrons. The van der Waals surface area contributed by atoms with Crippen LogP contribution in [0.1, 0.15) is 31.7 Å². The number of methoxy groups -OCH3 is 1. The molecule has 1 fully saturated rings. The Kier molecular flexibility index (Phi) is 8.77. The van der Waals surface area contributed by atoms with Crippen LogP contribution < -0.4 is 14.9 Å². The van der Waals surface area contributed by atoms with Crippen molar-refractivity contribution in [3.63, 3.8) is 0 Å². The van der Waals surface area contributed by atoms with Crippen molar-refractivity contribution in [1.29, 1.82) is 0 Å². The van der Waals surface area contributed by atoms with Gasteiger partial charge in [0.15, 0.2) is 5.82 Å². The molecule has 2 aromatic heterocycles. The Morgan fingerprint density at radius 1 is 1.23 bits per heavy atom. The number of benzene rings is 1. The second-order valence-corrected chi connectivity index (χ2v) is 13.3. The summed E-state index contributed by atoms with van der Waals surface area (Å²) in [5.74, 6) is 2.05. The molecule has 1 aliphatic rings. The van der Waals surface area contributed by atoms with Crippen molar-refractivity contribution in [1.82, 2.24) is 15.2 Å². The molecule has 4 rings (SSSR count). The summed E-state index contributed by atoms with van der Waals surface area (Å²) in [6.45, 7) is 5.78. The average Bonchev–Trinajstić information content (AvgIpc) is 3.34. The largest absolute Gasteiger partial charge is 0.419 e. The second kappa shape index (κ2) is 11.6. The number of ether oxygens (including phenoxy) is 1. The molecular weight excluding hydrogens is 563 g/mol. The summed E-state index contributed by atoms with van der Waals surface area (Å²) < 4.78 is 37.4. The summed E-state index contributed by atoms with van der Waals surface area (Å²) in [4.78, 5) is 6.73. The second-order valence-electron chi connectivity index (χ2n) is 10.4. The van der Waals surface area contributed by atoms with Gasteiger partial charge in [0, 0.05) is 32.3 Å². The minimum atomic E-state index is -3.66. The minimum absolute atomic E-state index is 0.0642. The molecule has 0 aliphatic heterocycles. The number of nitrogens with two attached hydrogens (primary N) is 1. The normalized spacial score (nSPS) is 18.6. The first-order chi connectivity index (χ1) is 18.3. The van der Waals surface area contributed by atoms with Crippen molar-refractivity contribution in [2.75, 3.05) is 49.3 Å². The maximum absolute atomic E-state index is 12.5. The molecule has 13 heteroatoms. The molecule has 0 bridgehead atoms. The summed E-state index contributed by atoms with van der Waals surface area (Å²) in [6, 6.07) is 9.11. The predicted molar refractivity (Wildman–Crippen MR) is 154 cm³/mol. The number of anilines is 2. The van der Waals surface area contributed by atoms with Gasteiger partial charge >= 0.3 is 0 Å². The highest BCUT2D eigenvalue weighted by Gasteiger charge is 2.35. The van der Waals surface area contributed by atoms with E-state index in [1.807, 2.05) is 12.1 Å². The monoisotopic (exact) mass is 596 g/mol. The van der Waals surface area contributed by atoms with Crippen molar-refractivity contribution in [3.8, 4) is 11.5 Å². The zero-order valence-electron chi connectivity index (χ0n) is 22.7. The molecule has 39 heavy (non-hydrogen) atoms. The van der Waals surface area contributed by atoms with E-state index in [2.05, 4.69) is 27.0 Å². The number of hydrogen-bond donors (Lipinski definition) is 1. The molecule has 0 spiro atoms. The van der Waals surface area contributed by atoms with E-state index in [1.165, 1.54) is 7.05 Å². The average molecular weight is 598 g/mol. The van der Waals surface area contributed by atoms with Crippen molar-refractivity contribution in [2.24, 2.45) is 17.6 Å². The van der Waals surface area contributed by atoms with Gasteiger partial charge in [-0.05, 0) is 55.4 Å². The highest BCUT2D eigenvalue weighted by atomic mass is 35.5. The number of nitrogens with zero attached hydrogens (tertiary/aromatic N) is 5. The van der Waals surface area contributed by atoms with Gasteiger partial charge in [-0.15, -0.1) is 10.2 Å². The van der Waals surface area contributed by atoms with E-state index in [1.54, 1.807) is 32.2 Å². The predicted octanol–water partition coefficient (Wildman–Crippen LogP) is 4.36. The standard InChI is InChI=1S/C26H34Cl2N6O4S/c1-16-12-18(16)15-34(10-11-37-4)21-13-20(22(28)23(30-21)33(3)39(5,35)36)24-31-32-25(38-24)26(2,29)14-17-6-8-19(27)9-7-17/h6-9,13,16,18H,10-12,14-15,29H2,1-5H3/t16-,18+,26+/m0/s1. The molecule has 0 saturated heterocycles. The summed E-state index contributed by atoms with van der Waals surface area (Å²) in [7, 11) is -0.626. The third-order valence-electron chi connectivity index (χ3n) is 6.97. The Morgan fingerprint density at radius 3 is 2.49 bits per heavy atom. The lowest BCUT2D eigenvalue weighted by Gasteiger charge is -2.26. The van der Waals surface area contributed by atoms with Gasteiger partial charge in [-0.1, -0.05) is 42.3 Å². The number of sulfonamides is 1. The molecule has 0 unspecified atom stereocenters. The third kappa shape index (κ3) is 7.01. The van der Waals surface area contributed by atoms with Crippen LogP contribution >= 0.6 is 23.2 Å². The topological polar surface area (TPSA) is 128 Å². The Hall–Kier alpha value is -2.44. The number of rotatable bonds is 12. The van der Waals surface area contributed by atoms with E-state index in [4.69, 9.17) is 38.1 Å². The number of hydrogen-bond acceptors (Lipinski definition) is 9. The van der Waals surface area contributed by atoms with Gasteiger partial charge in [0.25, 0.3) is 0 Å². The van der Waals surface area contributed by atoms with Crippen LogP contribution in [0, 0.1) is 11.8 Å². The fourth-order valence-electron chi connectivity index (χ4n) is 4.29. The van der Waals surface area contributed by atoms with E-state index in [0.717, 1.165) is 29.1 Å². The first kappa shape index (κ1) is 29.5. The molecule has 0 radical (unpaired) electrons. The SMILES string of the molecule is COCCN(C[C@H]1C[C@@H]1C)c1cc(-c2nnc([C@](C)(N)Cc3ccc(Cl)cc3)o2)c(Cl)c(N(C)S(C)(=O)=O)n1. The number of aromatic nitrogens is 3. The van der Waals surface area contributed by atoms with Crippen molar-refractivity contribution < 1.29 is 17.6 Å². The third-order valence-corrected chi connectivity index (χ3v) is 8.76. The summed E-state index contributed by atoms with van der Waals surface area (Å²) >= 11 is 12.8. The molecule has 0 amide bonds. The van der Waals surface area contributed by atoms with Crippen molar-refractivity contribution in [2.45, 2.75) is 32.2 Å². The van der Waals surface area contributed by atoms with Crippen LogP contribution in [0.25, 0.3) is 11.5 Å². The lowest BCUT2D eigenvalue weighted by atomic mass is 9.94. The molecular formula is C26H34Cl2N6O4S. The van der Waals surface area contributed by atoms with Crippen LogP contribution in [0.5, 0.6) is 0 Å². The summed E-state index contributed by atoms with van der Waals surface area (Å²) in [5, 5.41) is 9.17.